The van der Waals surface area contributed by atoms with Gasteiger partial charge in [-0.05, 0) is 61.1 Å². The summed E-state index contributed by atoms with van der Waals surface area (Å²) >= 11 is 0. The van der Waals surface area contributed by atoms with Crippen molar-refractivity contribution in [2.24, 2.45) is 0 Å². The lowest BCUT2D eigenvalue weighted by molar-refractivity contribution is 0.102. The monoisotopic (exact) mass is 352 g/mol. The van der Waals surface area contributed by atoms with Gasteiger partial charge in [-0.15, -0.1) is 0 Å². The van der Waals surface area contributed by atoms with Crippen LogP contribution in [0.5, 0.6) is 0 Å². The number of amides is 1. The number of hydrogen-bond donors (Lipinski definition) is 1. The van der Waals surface area contributed by atoms with Crippen LogP contribution in [0.4, 0.5) is 10.1 Å². The standard InChI is InChI=1S/C22H25FN2O/c1-14-10-11-17(19(23)18(14)21(2,3)4)25-20(26)15-8-7-9-16(12-15)22(5,6)13-24/h7-12H,1-6H3,(H,25,26). The minimum atomic E-state index is -0.704. The summed E-state index contributed by atoms with van der Waals surface area (Å²) in [7, 11) is 0. The highest BCUT2D eigenvalue weighted by atomic mass is 19.1. The van der Waals surface area contributed by atoms with Crippen molar-refractivity contribution in [3.8, 4) is 6.07 Å². The van der Waals surface area contributed by atoms with Crippen molar-refractivity contribution in [1.29, 1.82) is 5.26 Å². The zero-order valence-corrected chi connectivity index (χ0v) is 16.2. The van der Waals surface area contributed by atoms with Crippen LogP contribution >= 0.6 is 0 Å². The van der Waals surface area contributed by atoms with Gasteiger partial charge in [-0.1, -0.05) is 39.0 Å². The molecule has 3 nitrogen and oxygen atoms in total. The van der Waals surface area contributed by atoms with Crippen LogP contribution in [0.15, 0.2) is 36.4 Å². The molecule has 2 aromatic rings. The lowest BCUT2D eigenvalue weighted by atomic mass is 9.83. The van der Waals surface area contributed by atoms with Crippen molar-refractivity contribution in [3.63, 3.8) is 0 Å². The number of nitrogens with zero attached hydrogens (tertiary/aromatic N) is 1. The van der Waals surface area contributed by atoms with Crippen LogP contribution in [-0.2, 0) is 10.8 Å². The molecular weight excluding hydrogens is 327 g/mol. The van der Waals surface area contributed by atoms with Gasteiger partial charge >= 0.3 is 0 Å². The average molecular weight is 352 g/mol. The first kappa shape index (κ1) is 19.7. The van der Waals surface area contributed by atoms with Crippen LogP contribution in [0.1, 0.15) is 61.7 Å². The van der Waals surface area contributed by atoms with Crippen LogP contribution in [0.25, 0.3) is 0 Å². The van der Waals surface area contributed by atoms with Crippen LogP contribution in [0.2, 0.25) is 0 Å². The van der Waals surface area contributed by atoms with E-state index >= 15 is 0 Å². The van der Waals surface area contributed by atoms with Crippen LogP contribution < -0.4 is 5.32 Å². The average Bonchev–Trinajstić information content (AvgIpc) is 2.56. The second kappa shape index (κ2) is 6.92. The van der Waals surface area contributed by atoms with Gasteiger partial charge in [0, 0.05) is 5.56 Å². The van der Waals surface area contributed by atoms with Gasteiger partial charge in [0.25, 0.3) is 5.91 Å². The molecule has 0 aliphatic rings. The molecule has 4 heteroatoms. The molecule has 1 amide bonds. The summed E-state index contributed by atoms with van der Waals surface area (Å²) < 4.78 is 15.0. The Morgan fingerprint density at radius 1 is 1.12 bits per heavy atom. The number of nitrogens with one attached hydrogen (secondary N) is 1. The summed E-state index contributed by atoms with van der Waals surface area (Å²) in [5, 5.41) is 11.9. The van der Waals surface area contributed by atoms with Gasteiger partial charge < -0.3 is 5.32 Å². The topological polar surface area (TPSA) is 52.9 Å². The zero-order valence-electron chi connectivity index (χ0n) is 16.2. The summed E-state index contributed by atoms with van der Waals surface area (Å²) in [6.07, 6.45) is 0. The second-order valence-corrected chi connectivity index (χ2v) is 8.14. The second-order valence-electron chi connectivity index (χ2n) is 8.14. The Balaban J connectivity index is 2.38. The third kappa shape index (κ3) is 3.94. The lowest BCUT2D eigenvalue weighted by Gasteiger charge is -2.24. The van der Waals surface area contributed by atoms with Gasteiger partial charge in [-0.2, -0.15) is 5.26 Å². The van der Waals surface area contributed by atoms with Gasteiger partial charge in [-0.25, -0.2) is 4.39 Å². The van der Waals surface area contributed by atoms with Crippen molar-refractivity contribution in [2.75, 3.05) is 5.32 Å². The number of hydrogen-bond acceptors (Lipinski definition) is 2. The first-order chi connectivity index (χ1) is 12.0. The lowest BCUT2D eigenvalue weighted by Crippen LogP contribution is -2.20. The maximum absolute atomic E-state index is 15.0. The minimum Gasteiger partial charge on any atom is -0.319 e. The molecule has 0 aliphatic heterocycles. The van der Waals surface area contributed by atoms with E-state index in [1.54, 1.807) is 38.1 Å². The molecule has 0 atom stereocenters. The van der Waals surface area contributed by atoms with Crippen molar-refractivity contribution >= 4 is 11.6 Å². The SMILES string of the molecule is Cc1ccc(NC(=O)c2cccc(C(C)(C)C#N)c2)c(F)c1C(C)(C)C. The van der Waals surface area contributed by atoms with E-state index in [0.29, 0.717) is 11.1 Å². The molecular formula is C22H25FN2O. The Morgan fingerprint density at radius 3 is 2.35 bits per heavy atom. The molecule has 0 unspecified atom stereocenters. The fourth-order valence-electron chi connectivity index (χ4n) is 3.00. The van der Waals surface area contributed by atoms with Gasteiger partial charge in [-0.3, -0.25) is 4.79 Å². The molecule has 136 valence electrons. The normalized spacial score (nSPS) is 11.8. The first-order valence-corrected chi connectivity index (χ1v) is 8.60. The first-order valence-electron chi connectivity index (χ1n) is 8.60. The predicted octanol–water partition coefficient (Wildman–Crippen LogP) is 5.49. The third-order valence-electron chi connectivity index (χ3n) is 4.47. The molecule has 0 fully saturated rings. The van der Waals surface area contributed by atoms with E-state index in [9.17, 15) is 14.4 Å². The number of rotatable bonds is 3. The maximum Gasteiger partial charge on any atom is 0.255 e. The summed E-state index contributed by atoms with van der Waals surface area (Å²) in [6, 6.07) is 12.5. The van der Waals surface area contributed by atoms with Crippen LogP contribution in [0, 0.1) is 24.1 Å². The highest BCUT2D eigenvalue weighted by Gasteiger charge is 2.24. The summed E-state index contributed by atoms with van der Waals surface area (Å²) in [4.78, 5) is 12.6. The van der Waals surface area contributed by atoms with Gasteiger partial charge in [0.15, 0.2) is 5.82 Å². The molecule has 0 aliphatic carbocycles. The number of benzene rings is 2. The minimum absolute atomic E-state index is 0.162. The quantitative estimate of drug-likeness (QED) is 0.794. The van der Waals surface area contributed by atoms with Gasteiger partial charge in [0.2, 0.25) is 0 Å². The molecule has 26 heavy (non-hydrogen) atoms. The fraction of sp³-hybridized carbons (Fsp3) is 0.364. The Kier molecular flexibility index (Phi) is 5.23. The molecule has 0 aromatic heterocycles. The fourth-order valence-corrected chi connectivity index (χ4v) is 3.00. The molecule has 0 radical (unpaired) electrons. The maximum atomic E-state index is 15.0. The molecule has 1 N–H and O–H groups in total. The molecule has 0 bridgehead atoms. The van der Waals surface area contributed by atoms with Gasteiger partial charge in [0.05, 0.1) is 17.2 Å². The van der Waals surface area contributed by atoms with Crippen molar-refractivity contribution in [1.82, 2.24) is 0 Å². The van der Waals surface area contributed by atoms with E-state index in [-0.39, 0.29) is 11.1 Å². The number of aryl methyl sites for hydroxylation is 1. The van der Waals surface area contributed by atoms with Gasteiger partial charge in [0.1, 0.15) is 0 Å². The Bertz CT molecular complexity index is 886. The molecule has 0 spiro atoms. The predicted molar refractivity (Wildman–Crippen MR) is 103 cm³/mol. The molecule has 0 saturated carbocycles. The summed E-state index contributed by atoms with van der Waals surface area (Å²) in [5.41, 5.74) is 1.67. The molecule has 0 saturated heterocycles. The highest BCUT2D eigenvalue weighted by molar-refractivity contribution is 6.04. The Labute approximate surface area is 154 Å². The number of carbonyl (C=O) groups is 1. The van der Waals surface area contributed by atoms with Crippen LogP contribution in [-0.4, -0.2) is 5.91 Å². The van der Waals surface area contributed by atoms with E-state index in [1.807, 2.05) is 39.8 Å². The van der Waals surface area contributed by atoms with Crippen molar-refractivity contribution in [2.45, 2.75) is 52.4 Å². The number of anilines is 1. The number of carbonyl (C=O) groups excluding carboxylic acids is 1. The van der Waals surface area contributed by atoms with E-state index in [4.69, 9.17) is 0 Å². The largest absolute Gasteiger partial charge is 0.319 e. The smallest absolute Gasteiger partial charge is 0.255 e. The third-order valence-corrected chi connectivity index (χ3v) is 4.47. The number of halogens is 1. The summed E-state index contributed by atoms with van der Waals surface area (Å²) in [6.45, 7) is 11.3. The van der Waals surface area contributed by atoms with E-state index in [2.05, 4.69) is 11.4 Å². The number of nitriles is 1. The molecule has 2 aromatic carbocycles. The van der Waals surface area contributed by atoms with E-state index in [0.717, 1.165) is 11.1 Å². The van der Waals surface area contributed by atoms with Crippen molar-refractivity contribution < 1.29 is 9.18 Å². The summed E-state index contributed by atoms with van der Waals surface area (Å²) in [5.74, 6) is -0.803. The Morgan fingerprint density at radius 2 is 1.77 bits per heavy atom. The van der Waals surface area contributed by atoms with Crippen molar-refractivity contribution in [3.05, 3.63) is 64.5 Å². The van der Waals surface area contributed by atoms with Crippen LogP contribution in [0.3, 0.4) is 0 Å². The zero-order chi connectivity index (χ0) is 19.7. The van der Waals surface area contributed by atoms with E-state index < -0.39 is 17.1 Å². The van der Waals surface area contributed by atoms with E-state index in [1.165, 1.54) is 0 Å². The highest BCUT2D eigenvalue weighted by Crippen LogP contribution is 2.32. The molecule has 0 heterocycles. The molecule has 2 rings (SSSR count). The Hall–Kier alpha value is -2.67.